The van der Waals surface area contributed by atoms with Crippen molar-refractivity contribution in [1.29, 1.82) is 0 Å². The molecule has 2 aromatic rings. The van der Waals surface area contributed by atoms with E-state index in [2.05, 4.69) is 85.7 Å². The molecule has 24 heavy (non-hydrogen) atoms. The number of hydrogen-bond donors (Lipinski definition) is 1. The highest BCUT2D eigenvalue weighted by Gasteiger charge is 2.16. The van der Waals surface area contributed by atoms with Gasteiger partial charge in [0.25, 0.3) is 0 Å². The van der Waals surface area contributed by atoms with E-state index in [9.17, 15) is 0 Å². The molecule has 0 spiro atoms. The number of benzene rings is 1. The lowest BCUT2D eigenvalue weighted by molar-refractivity contribution is 0.281. The van der Waals surface area contributed by atoms with Crippen molar-refractivity contribution in [2.24, 2.45) is 7.05 Å². The average Bonchev–Trinajstić information content (AvgIpc) is 2.81. The van der Waals surface area contributed by atoms with Crippen LogP contribution in [0.3, 0.4) is 0 Å². The smallest absolute Gasteiger partial charge is 0.130 e. The summed E-state index contributed by atoms with van der Waals surface area (Å²) < 4.78 is 1.96. The van der Waals surface area contributed by atoms with E-state index < -0.39 is 0 Å². The van der Waals surface area contributed by atoms with Crippen LogP contribution in [0.15, 0.2) is 30.3 Å². The van der Waals surface area contributed by atoms with E-state index in [4.69, 9.17) is 0 Å². The second-order valence-electron chi connectivity index (χ2n) is 6.84. The van der Waals surface area contributed by atoms with Gasteiger partial charge in [0.1, 0.15) is 5.82 Å². The van der Waals surface area contributed by atoms with E-state index in [1.54, 1.807) is 0 Å². The van der Waals surface area contributed by atoms with Crippen LogP contribution in [0.2, 0.25) is 0 Å². The second-order valence-corrected chi connectivity index (χ2v) is 6.84. The van der Waals surface area contributed by atoms with Crippen molar-refractivity contribution in [3.63, 3.8) is 0 Å². The minimum Gasteiger partial charge on any atom is -0.363 e. The molecule has 0 unspecified atom stereocenters. The Bertz CT molecular complexity index is 631. The molecule has 2 rings (SSSR count). The van der Waals surface area contributed by atoms with Crippen molar-refractivity contribution in [2.75, 3.05) is 39.6 Å². The minimum atomic E-state index is 0.465. The number of rotatable bonds is 8. The van der Waals surface area contributed by atoms with Crippen LogP contribution in [-0.2, 0) is 20.0 Å². The predicted molar refractivity (Wildman–Crippen MR) is 102 cm³/mol. The second kappa shape index (κ2) is 8.31. The third kappa shape index (κ3) is 4.58. The van der Waals surface area contributed by atoms with Crippen LogP contribution >= 0.6 is 0 Å². The molecule has 1 aromatic carbocycles. The molecule has 1 heterocycles. The van der Waals surface area contributed by atoms with Crippen molar-refractivity contribution in [3.05, 3.63) is 47.2 Å². The van der Waals surface area contributed by atoms with Gasteiger partial charge in [0.15, 0.2) is 0 Å². The third-order valence-electron chi connectivity index (χ3n) is 4.46. The fourth-order valence-electron chi connectivity index (χ4n) is 3.14. The van der Waals surface area contributed by atoms with Gasteiger partial charge in [-0.2, -0.15) is 5.10 Å². The third-order valence-corrected chi connectivity index (χ3v) is 4.46. The number of nitrogens with one attached hydrogen (secondary N) is 1. The van der Waals surface area contributed by atoms with Crippen LogP contribution in [0.5, 0.6) is 0 Å². The Morgan fingerprint density at radius 1 is 1.12 bits per heavy atom. The predicted octanol–water partition coefficient (Wildman–Crippen LogP) is 2.06. The van der Waals surface area contributed by atoms with E-state index in [0.717, 1.165) is 25.2 Å². The first-order valence-electron chi connectivity index (χ1n) is 8.51. The summed E-state index contributed by atoms with van der Waals surface area (Å²) in [6.07, 6.45) is 1.05. The summed E-state index contributed by atoms with van der Waals surface area (Å²) in [5, 5.41) is 8.19. The summed E-state index contributed by atoms with van der Waals surface area (Å²) in [4.78, 5) is 4.42. The molecule has 5 nitrogen and oxygen atoms in total. The Morgan fingerprint density at radius 2 is 1.79 bits per heavy atom. The molecule has 0 fully saturated rings. The highest BCUT2D eigenvalue weighted by molar-refractivity contribution is 5.48. The largest absolute Gasteiger partial charge is 0.363 e. The minimum absolute atomic E-state index is 0.465. The summed E-state index contributed by atoms with van der Waals surface area (Å²) in [6.45, 7) is 3.87. The number of anilines is 1. The van der Waals surface area contributed by atoms with Crippen LogP contribution in [0, 0.1) is 6.92 Å². The standard InChI is InChI=1S/C19H31N5/c1-15-18(19(23(4)5)24(6)21-15)14-20-13-17(22(2)3)12-16-10-8-7-9-11-16/h7-11,17,20H,12-14H2,1-6H3/t17-/m1/s1. The highest BCUT2D eigenvalue weighted by atomic mass is 15.4. The van der Waals surface area contributed by atoms with Crippen LogP contribution in [0.1, 0.15) is 16.8 Å². The summed E-state index contributed by atoms with van der Waals surface area (Å²) in [6, 6.07) is 11.2. The number of likely N-dealkylation sites (N-methyl/N-ethyl adjacent to an activating group) is 1. The molecule has 0 aliphatic rings. The molecular weight excluding hydrogens is 298 g/mol. The van der Waals surface area contributed by atoms with E-state index in [0.29, 0.717) is 6.04 Å². The maximum Gasteiger partial charge on any atom is 0.130 e. The van der Waals surface area contributed by atoms with Gasteiger partial charge in [-0.3, -0.25) is 4.68 Å². The zero-order valence-corrected chi connectivity index (χ0v) is 15.9. The first-order chi connectivity index (χ1) is 11.4. The molecular formula is C19H31N5. The number of aromatic nitrogens is 2. The average molecular weight is 329 g/mol. The fraction of sp³-hybridized carbons (Fsp3) is 0.526. The molecule has 0 aliphatic heterocycles. The maximum absolute atomic E-state index is 4.56. The van der Waals surface area contributed by atoms with E-state index in [1.807, 2.05) is 11.7 Å². The van der Waals surface area contributed by atoms with Crippen molar-refractivity contribution < 1.29 is 0 Å². The number of aryl methyl sites for hydroxylation is 2. The van der Waals surface area contributed by atoms with E-state index in [1.165, 1.54) is 16.9 Å². The Kier molecular flexibility index (Phi) is 6.40. The Labute approximate surface area is 146 Å². The first kappa shape index (κ1) is 18.5. The van der Waals surface area contributed by atoms with Gasteiger partial charge in [-0.25, -0.2) is 0 Å². The van der Waals surface area contributed by atoms with Gasteiger partial charge in [-0.1, -0.05) is 30.3 Å². The molecule has 0 saturated carbocycles. The summed E-state index contributed by atoms with van der Waals surface area (Å²) >= 11 is 0. The Morgan fingerprint density at radius 3 is 2.38 bits per heavy atom. The zero-order valence-electron chi connectivity index (χ0n) is 15.9. The Hall–Kier alpha value is -1.85. The van der Waals surface area contributed by atoms with E-state index in [-0.39, 0.29) is 0 Å². The molecule has 0 amide bonds. The topological polar surface area (TPSA) is 36.3 Å². The molecule has 0 aliphatic carbocycles. The summed E-state index contributed by atoms with van der Waals surface area (Å²) in [5.41, 5.74) is 3.75. The molecule has 1 aromatic heterocycles. The lowest BCUT2D eigenvalue weighted by atomic mass is 10.1. The van der Waals surface area contributed by atoms with Gasteiger partial charge < -0.3 is 15.1 Å². The van der Waals surface area contributed by atoms with Crippen LogP contribution in [-0.4, -0.2) is 55.5 Å². The van der Waals surface area contributed by atoms with Crippen molar-refractivity contribution in [2.45, 2.75) is 25.9 Å². The van der Waals surface area contributed by atoms with Gasteiger partial charge in [-0.05, 0) is 33.0 Å². The van der Waals surface area contributed by atoms with Gasteiger partial charge in [-0.15, -0.1) is 0 Å². The van der Waals surface area contributed by atoms with Gasteiger partial charge >= 0.3 is 0 Å². The van der Waals surface area contributed by atoms with Crippen molar-refractivity contribution in [1.82, 2.24) is 20.0 Å². The van der Waals surface area contributed by atoms with Gasteiger partial charge in [0.2, 0.25) is 0 Å². The number of hydrogen-bond acceptors (Lipinski definition) is 4. The highest BCUT2D eigenvalue weighted by Crippen LogP contribution is 2.21. The number of nitrogens with zero attached hydrogens (tertiary/aromatic N) is 4. The van der Waals surface area contributed by atoms with Gasteiger partial charge in [0, 0.05) is 45.8 Å². The monoisotopic (exact) mass is 329 g/mol. The zero-order chi connectivity index (χ0) is 17.7. The van der Waals surface area contributed by atoms with E-state index >= 15 is 0 Å². The SMILES string of the molecule is Cc1nn(C)c(N(C)C)c1CNC[C@@H](Cc1ccccc1)N(C)C. The lowest BCUT2D eigenvalue weighted by Crippen LogP contribution is -2.39. The quantitative estimate of drug-likeness (QED) is 0.804. The fourth-order valence-corrected chi connectivity index (χ4v) is 3.14. The molecule has 0 saturated heterocycles. The summed E-state index contributed by atoms with van der Waals surface area (Å²) in [7, 11) is 10.4. The molecule has 1 N–H and O–H groups in total. The lowest BCUT2D eigenvalue weighted by Gasteiger charge is -2.25. The van der Waals surface area contributed by atoms with Gasteiger partial charge in [0.05, 0.1) is 5.69 Å². The first-order valence-corrected chi connectivity index (χ1v) is 8.51. The molecule has 132 valence electrons. The molecule has 5 heteroatoms. The van der Waals surface area contributed by atoms with Crippen LogP contribution in [0.4, 0.5) is 5.82 Å². The van der Waals surface area contributed by atoms with Crippen molar-refractivity contribution >= 4 is 5.82 Å². The molecule has 0 bridgehead atoms. The van der Waals surface area contributed by atoms with Crippen molar-refractivity contribution in [3.8, 4) is 0 Å². The molecule has 0 radical (unpaired) electrons. The normalized spacial score (nSPS) is 12.6. The summed E-state index contributed by atoms with van der Waals surface area (Å²) in [5.74, 6) is 1.17. The van der Waals surface area contributed by atoms with Crippen LogP contribution in [0.25, 0.3) is 0 Å². The molecule has 1 atom stereocenters. The maximum atomic E-state index is 4.56. The Balaban J connectivity index is 1.99. The van der Waals surface area contributed by atoms with Crippen LogP contribution < -0.4 is 10.2 Å².